The van der Waals surface area contributed by atoms with E-state index in [0.717, 1.165) is 12.2 Å². The minimum atomic E-state index is -0.756. The van der Waals surface area contributed by atoms with Gasteiger partial charge in [-0.3, -0.25) is 9.59 Å². The van der Waals surface area contributed by atoms with Crippen LogP contribution in [0.25, 0.3) is 0 Å². The van der Waals surface area contributed by atoms with E-state index in [0.29, 0.717) is 52.0 Å². The number of aliphatic carboxylic acids is 1. The molecule has 1 amide bonds. The molecule has 0 spiro atoms. The molecule has 1 aromatic carbocycles. The smallest absolute Gasteiger partial charge is 0.306 e. The number of nitrogens with zero attached hydrogens (tertiary/aromatic N) is 1. The number of hydrogen-bond acceptors (Lipinski definition) is 4. The van der Waals surface area contributed by atoms with Crippen molar-refractivity contribution in [3.63, 3.8) is 0 Å². The van der Waals surface area contributed by atoms with Crippen LogP contribution in [-0.4, -0.2) is 55.3 Å². The van der Waals surface area contributed by atoms with Crippen LogP contribution in [-0.2, 0) is 20.7 Å². The molecular weight excluding hydrogens is 322 g/mol. The fourth-order valence-corrected chi connectivity index (χ4v) is 2.92. The topological polar surface area (TPSA) is 76.1 Å². The van der Waals surface area contributed by atoms with Gasteiger partial charge in [0.15, 0.2) is 0 Å². The Hall–Kier alpha value is -2.08. The van der Waals surface area contributed by atoms with Crippen LogP contribution >= 0.6 is 0 Å². The van der Waals surface area contributed by atoms with Gasteiger partial charge in [-0.1, -0.05) is 12.1 Å². The lowest BCUT2D eigenvalue weighted by molar-refractivity contribution is -0.145. The lowest BCUT2D eigenvalue weighted by atomic mass is 9.97. The Bertz CT molecular complexity index is 549. The van der Waals surface area contributed by atoms with Gasteiger partial charge in [-0.2, -0.15) is 0 Å². The molecule has 1 N–H and O–H groups in total. The zero-order valence-electron chi connectivity index (χ0n) is 14.8. The summed E-state index contributed by atoms with van der Waals surface area (Å²) in [7, 11) is 1.69. The minimum Gasteiger partial charge on any atom is -0.494 e. The highest BCUT2D eigenvalue weighted by molar-refractivity contribution is 5.77. The molecule has 0 atom stereocenters. The van der Waals surface area contributed by atoms with Crippen LogP contribution in [0.1, 0.15) is 31.2 Å². The summed E-state index contributed by atoms with van der Waals surface area (Å²) in [4.78, 5) is 24.8. The maximum atomic E-state index is 12.1. The van der Waals surface area contributed by atoms with Crippen molar-refractivity contribution >= 4 is 11.9 Å². The molecule has 0 aromatic heterocycles. The van der Waals surface area contributed by atoms with E-state index in [1.807, 2.05) is 24.3 Å². The molecule has 0 saturated carbocycles. The quantitative estimate of drug-likeness (QED) is 0.693. The molecule has 1 aliphatic rings. The first-order chi connectivity index (χ1) is 12.1. The monoisotopic (exact) mass is 349 g/mol. The maximum absolute atomic E-state index is 12.1. The van der Waals surface area contributed by atoms with E-state index in [-0.39, 0.29) is 11.8 Å². The maximum Gasteiger partial charge on any atom is 0.306 e. The number of carboxylic acid groups (broad SMARTS) is 1. The Labute approximate surface area is 148 Å². The number of likely N-dealkylation sites (tertiary alicyclic amines) is 1. The Balaban J connectivity index is 1.62. The number of carboxylic acids is 1. The van der Waals surface area contributed by atoms with Gasteiger partial charge < -0.3 is 19.5 Å². The first-order valence-electron chi connectivity index (χ1n) is 8.81. The van der Waals surface area contributed by atoms with Crippen molar-refractivity contribution in [2.24, 2.45) is 5.92 Å². The number of carbonyl (C=O) groups is 2. The number of rotatable bonds is 9. The van der Waals surface area contributed by atoms with Gasteiger partial charge >= 0.3 is 5.97 Å². The second-order valence-corrected chi connectivity index (χ2v) is 6.33. The highest BCUT2D eigenvalue weighted by Crippen LogP contribution is 2.18. The SMILES string of the molecule is COCCc1ccc(OCCCC(=O)N2CCC(C(=O)O)CC2)cc1. The van der Waals surface area contributed by atoms with Crippen LogP contribution in [0.2, 0.25) is 0 Å². The van der Waals surface area contributed by atoms with E-state index in [4.69, 9.17) is 14.6 Å². The van der Waals surface area contributed by atoms with Crippen molar-refractivity contribution in [2.45, 2.75) is 32.1 Å². The number of benzene rings is 1. The van der Waals surface area contributed by atoms with Crippen LogP contribution in [0, 0.1) is 5.92 Å². The summed E-state index contributed by atoms with van der Waals surface area (Å²) in [5.74, 6) is -0.175. The van der Waals surface area contributed by atoms with Gasteiger partial charge in [0.05, 0.1) is 19.1 Å². The molecule has 25 heavy (non-hydrogen) atoms. The molecule has 1 aromatic rings. The molecule has 0 bridgehead atoms. The van der Waals surface area contributed by atoms with Crippen molar-refractivity contribution in [1.29, 1.82) is 0 Å². The molecule has 1 saturated heterocycles. The van der Waals surface area contributed by atoms with Crippen molar-refractivity contribution in [2.75, 3.05) is 33.4 Å². The lowest BCUT2D eigenvalue weighted by Gasteiger charge is -2.30. The number of piperidine rings is 1. The molecular formula is C19H27NO5. The van der Waals surface area contributed by atoms with E-state index in [9.17, 15) is 9.59 Å². The third-order valence-corrected chi connectivity index (χ3v) is 4.52. The predicted molar refractivity (Wildman–Crippen MR) is 93.7 cm³/mol. The predicted octanol–water partition coefficient (Wildman–Crippen LogP) is 2.36. The highest BCUT2D eigenvalue weighted by atomic mass is 16.5. The first kappa shape index (κ1) is 19.2. The number of methoxy groups -OCH3 is 1. The summed E-state index contributed by atoms with van der Waals surface area (Å²) < 4.78 is 10.7. The van der Waals surface area contributed by atoms with Crippen LogP contribution < -0.4 is 4.74 Å². The number of amides is 1. The van der Waals surface area contributed by atoms with Crippen molar-refractivity contribution < 1.29 is 24.2 Å². The van der Waals surface area contributed by atoms with E-state index in [1.54, 1.807) is 12.0 Å². The van der Waals surface area contributed by atoms with Crippen molar-refractivity contribution in [1.82, 2.24) is 4.90 Å². The van der Waals surface area contributed by atoms with Gasteiger partial charge in [0.2, 0.25) is 5.91 Å². The Morgan fingerprint density at radius 2 is 1.84 bits per heavy atom. The summed E-state index contributed by atoms with van der Waals surface area (Å²) in [5.41, 5.74) is 1.20. The van der Waals surface area contributed by atoms with Gasteiger partial charge in [0, 0.05) is 26.6 Å². The van der Waals surface area contributed by atoms with Crippen molar-refractivity contribution in [3.05, 3.63) is 29.8 Å². The third-order valence-electron chi connectivity index (χ3n) is 4.52. The fourth-order valence-electron chi connectivity index (χ4n) is 2.92. The van der Waals surface area contributed by atoms with E-state index in [2.05, 4.69) is 0 Å². The average molecular weight is 349 g/mol. The van der Waals surface area contributed by atoms with Crippen LogP contribution in [0.5, 0.6) is 5.75 Å². The summed E-state index contributed by atoms with van der Waals surface area (Å²) in [6.07, 6.45) is 3.07. The van der Waals surface area contributed by atoms with E-state index >= 15 is 0 Å². The molecule has 2 rings (SSSR count). The van der Waals surface area contributed by atoms with Crippen LogP contribution in [0.4, 0.5) is 0 Å². The summed E-state index contributed by atoms with van der Waals surface area (Å²) in [5, 5.41) is 8.98. The molecule has 1 aliphatic heterocycles. The van der Waals surface area contributed by atoms with Crippen molar-refractivity contribution in [3.8, 4) is 5.75 Å². The minimum absolute atomic E-state index is 0.0855. The summed E-state index contributed by atoms with van der Waals surface area (Å²) >= 11 is 0. The Kier molecular flexibility index (Phi) is 7.73. The van der Waals surface area contributed by atoms with Crippen LogP contribution in [0.3, 0.4) is 0 Å². The second-order valence-electron chi connectivity index (χ2n) is 6.33. The van der Waals surface area contributed by atoms with Gasteiger partial charge in [-0.15, -0.1) is 0 Å². The second kappa shape index (κ2) is 10.0. The number of ether oxygens (including phenoxy) is 2. The van der Waals surface area contributed by atoms with Gasteiger partial charge in [-0.05, 0) is 43.4 Å². The molecule has 0 aliphatic carbocycles. The molecule has 0 unspecified atom stereocenters. The van der Waals surface area contributed by atoms with E-state index in [1.165, 1.54) is 5.56 Å². The van der Waals surface area contributed by atoms with Gasteiger partial charge in [0.1, 0.15) is 5.75 Å². The molecule has 138 valence electrons. The van der Waals surface area contributed by atoms with Gasteiger partial charge in [-0.25, -0.2) is 0 Å². The molecule has 1 fully saturated rings. The third kappa shape index (κ3) is 6.38. The zero-order chi connectivity index (χ0) is 18.1. The van der Waals surface area contributed by atoms with E-state index < -0.39 is 5.97 Å². The normalized spacial score (nSPS) is 15.2. The molecule has 6 nitrogen and oxygen atoms in total. The average Bonchev–Trinajstić information content (AvgIpc) is 2.64. The summed E-state index contributed by atoms with van der Waals surface area (Å²) in [6, 6.07) is 7.91. The van der Waals surface area contributed by atoms with Crippen LogP contribution in [0.15, 0.2) is 24.3 Å². The zero-order valence-corrected chi connectivity index (χ0v) is 14.8. The Morgan fingerprint density at radius 1 is 1.16 bits per heavy atom. The first-order valence-corrected chi connectivity index (χ1v) is 8.81. The fraction of sp³-hybridized carbons (Fsp3) is 0.579. The largest absolute Gasteiger partial charge is 0.494 e. The molecule has 0 radical (unpaired) electrons. The lowest BCUT2D eigenvalue weighted by Crippen LogP contribution is -2.40. The summed E-state index contributed by atoms with van der Waals surface area (Å²) in [6.45, 7) is 2.28. The Morgan fingerprint density at radius 3 is 2.44 bits per heavy atom. The highest BCUT2D eigenvalue weighted by Gasteiger charge is 2.26. The molecule has 1 heterocycles. The molecule has 6 heteroatoms. The number of carbonyl (C=O) groups excluding carboxylic acids is 1. The van der Waals surface area contributed by atoms with Gasteiger partial charge in [0.25, 0.3) is 0 Å². The number of hydrogen-bond donors (Lipinski definition) is 1. The standard InChI is InChI=1S/C19H27NO5/c1-24-14-10-15-4-6-17(7-5-15)25-13-2-3-18(21)20-11-8-16(9-12-20)19(22)23/h4-7,16H,2-3,8-14H2,1H3,(H,22,23).